The summed E-state index contributed by atoms with van der Waals surface area (Å²) in [7, 11) is 1.68. The van der Waals surface area contributed by atoms with Crippen molar-refractivity contribution in [1.29, 1.82) is 0 Å². The van der Waals surface area contributed by atoms with Gasteiger partial charge in [-0.15, -0.1) is 0 Å². The molecule has 3 nitrogen and oxygen atoms in total. The molecule has 0 aliphatic heterocycles. The molecule has 0 amide bonds. The fourth-order valence-corrected chi connectivity index (χ4v) is 2.14. The summed E-state index contributed by atoms with van der Waals surface area (Å²) in [6, 6.07) is 15.8. The fraction of sp³-hybridized carbons (Fsp3) is 0.294. The Bertz CT molecular complexity index is 554. The maximum Gasteiger partial charge on any atom is 0.123 e. The summed E-state index contributed by atoms with van der Waals surface area (Å²) < 4.78 is 5.33. The van der Waals surface area contributed by atoms with E-state index in [-0.39, 0.29) is 0 Å². The minimum Gasteiger partial charge on any atom is -0.496 e. The van der Waals surface area contributed by atoms with Gasteiger partial charge in [-0.25, -0.2) is 0 Å². The number of para-hydroxylation sites is 1. The van der Waals surface area contributed by atoms with E-state index in [9.17, 15) is 5.11 Å². The van der Waals surface area contributed by atoms with Gasteiger partial charge < -0.3 is 15.2 Å². The van der Waals surface area contributed by atoms with Gasteiger partial charge in [-0.3, -0.25) is 0 Å². The molecule has 0 saturated carbocycles. The first-order chi connectivity index (χ1) is 9.74. The minimum atomic E-state index is -0.400. The van der Waals surface area contributed by atoms with Crippen molar-refractivity contribution in [2.45, 2.75) is 26.0 Å². The molecule has 1 unspecified atom stereocenters. The average Bonchev–Trinajstić information content (AvgIpc) is 2.52. The maximum atomic E-state index is 9.87. The molecule has 0 fully saturated rings. The fourth-order valence-electron chi connectivity index (χ4n) is 2.14. The molecular formula is C17H21NO2. The number of methoxy groups -OCH3 is 1. The number of nitrogens with one attached hydrogen (secondary N) is 1. The smallest absolute Gasteiger partial charge is 0.123 e. The lowest BCUT2D eigenvalue weighted by Crippen LogP contribution is -2.03. The van der Waals surface area contributed by atoms with E-state index in [4.69, 9.17) is 4.74 Å². The van der Waals surface area contributed by atoms with Crippen LogP contribution in [0, 0.1) is 0 Å². The Hall–Kier alpha value is -2.00. The molecule has 0 radical (unpaired) electrons. The summed E-state index contributed by atoms with van der Waals surface area (Å²) in [5.74, 6) is 0.879. The summed E-state index contributed by atoms with van der Waals surface area (Å²) in [6.07, 6.45) is 0.318. The van der Waals surface area contributed by atoms with E-state index in [0.29, 0.717) is 6.54 Å². The number of aliphatic hydroxyl groups is 1. The van der Waals surface area contributed by atoms with E-state index in [0.717, 1.165) is 29.0 Å². The van der Waals surface area contributed by atoms with Crippen molar-refractivity contribution >= 4 is 5.69 Å². The molecule has 2 aromatic rings. The highest BCUT2D eigenvalue weighted by molar-refractivity contribution is 5.47. The number of ether oxygens (including phenoxy) is 1. The summed E-state index contributed by atoms with van der Waals surface area (Å²) in [6.45, 7) is 2.66. The Kier molecular flexibility index (Phi) is 5.02. The molecule has 2 rings (SSSR count). The predicted octanol–water partition coefficient (Wildman–Crippen LogP) is 3.75. The second kappa shape index (κ2) is 6.96. The zero-order valence-corrected chi connectivity index (χ0v) is 12.0. The second-order valence-corrected chi connectivity index (χ2v) is 4.71. The molecule has 0 spiro atoms. The second-order valence-electron chi connectivity index (χ2n) is 4.71. The van der Waals surface area contributed by atoms with Crippen LogP contribution in [0.15, 0.2) is 48.5 Å². The highest BCUT2D eigenvalue weighted by atomic mass is 16.5. The summed E-state index contributed by atoms with van der Waals surface area (Å²) >= 11 is 0. The predicted molar refractivity (Wildman–Crippen MR) is 82.0 cm³/mol. The van der Waals surface area contributed by atoms with Crippen LogP contribution in [0.1, 0.15) is 30.6 Å². The lowest BCUT2D eigenvalue weighted by molar-refractivity contribution is 0.174. The molecule has 0 aliphatic rings. The van der Waals surface area contributed by atoms with Gasteiger partial charge in [0.2, 0.25) is 0 Å². The number of hydrogen-bond donors (Lipinski definition) is 2. The van der Waals surface area contributed by atoms with E-state index >= 15 is 0 Å². The largest absolute Gasteiger partial charge is 0.496 e. The monoisotopic (exact) mass is 271 g/mol. The molecule has 20 heavy (non-hydrogen) atoms. The third kappa shape index (κ3) is 3.52. The molecule has 2 N–H and O–H groups in total. The van der Waals surface area contributed by atoms with Crippen molar-refractivity contribution in [3.05, 3.63) is 59.7 Å². The number of hydrogen-bond acceptors (Lipinski definition) is 3. The first-order valence-corrected chi connectivity index (χ1v) is 6.88. The Morgan fingerprint density at radius 2 is 1.95 bits per heavy atom. The molecule has 0 saturated heterocycles. The Balaban J connectivity index is 2.07. The van der Waals surface area contributed by atoms with Crippen LogP contribution in [0.2, 0.25) is 0 Å². The van der Waals surface area contributed by atoms with Crippen LogP contribution in [0.4, 0.5) is 5.69 Å². The van der Waals surface area contributed by atoms with Gasteiger partial charge >= 0.3 is 0 Å². The molecule has 106 valence electrons. The zero-order chi connectivity index (χ0) is 14.4. The number of aliphatic hydroxyl groups excluding tert-OH is 1. The molecule has 0 bridgehead atoms. The SMILES string of the molecule is CCC(O)c1cccc(NCc2ccccc2OC)c1. The standard InChI is InChI=1S/C17H21NO2/c1-3-16(19)13-8-6-9-15(11-13)18-12-14-7-4-5-10-17(14)20-2/h4-11,16,18-19H,3,12H2,1-2H3. The van der Waals surface area contributed by atoms with Gasteiger partial charge in [-0.2, -0.15) is 0 Å². The third-order valence-corrected chi connectivity index (χ3v) is 3.33. The summed E-state index contributed by atoms with van der Waals surface area (Å²) in [4.78, 5) is 0. The molecule has 2 aromatic carbocycles. The minimum absolute atomic E-state index is 0.400. The van der Waals surface area contributed by atoms with Crippen molar-refractivity contribution in [2.75, 3.05) is 12.4 Å². The van der Waals surface area contributed by atoms with Crippen LogP contribution >= 0.6 is 0 Å². The molecule has 1 atom stereocenters. The number of rotatable bonds is 6. The number of benzene rings is 2. The van der Waals surface area contributed by atoms with Crippen LogP contribution in [-0.2, 0) is 6.54 Å². The molecular weight excluding hydrogens is 250 g/mol. The maximum absolute atomic E-state index is 9.87. The van der Waals surface area contributed by atoms with Crippen LogP contribution in [0.3, 0.4) is 0 Å². The van der Waals surface area contributed by atoms with Crippen LogP contribution in [0.25, 0.3) is 0 Å². The van der Waals surface area contributed by atoms with Gasteiger partial charge in [-0.05, 0) is 30.2 Å². The highest BCUT2D eigenvalue weighted by Crippen LogP contribution is 2.22. The van der Waals surface area contributed by atoms with Crippen LogP contribution in [-0.4, -0.2) is 12.2 Å². The van der Waals surface area contributed by atoms with Gasteiger partial charge in [-0.1, -0.05) is 37.3 Å². The normalized spacial score (nSPS) is 11.9. The van der Waals surface area contributed by atoms with E-state index in [1.165, 1.54) is 0 Å². The Labute approximate surface area is 120 Å². The van der Waals surface area contributed by atoms with Crippen LogP contribution in [0.5, 0.6) is 5.75 Å². The van der Waals surface area contributed by atoms with Gasteiger partial charge in [0.15, 0.2) is 0 Å². The highest BCUT2D eigenvalue weighted by Gasteiger charge is 2.06. The van der Waals surface area contributed by atoms with Crippen molar-refractivity contribution in [3.63, 3.8) is 0 Å². The zero-order valence-electron chi connectivity index (χ0n) is 12.0. The Morgan fingerprint density at radius 3 is 2.70 bits per heavy atom. The number of anilines is 1. The van der Waals surface area contributed by atoms with Gasteiger partial charge in [0.25, 0.3) is 0 Å². The van der Waals surface area contributed by atoms with Crippen molar-refractivity contribution in [2.24, 2.45) is 0 Å². The third-order valence-electron chi connectivity index (χ3n) is 3.33. The first kappa shape index (κ1) is 14.4. The Morgan fingerprint density at radius 1 is 1.15 bits per heavy atom. The van der Waals surface area contributed by atoms with Gasteiger partial charge in [0.1, 0.15) is 5.75 Å². The topological polar surface area (TPSA) is 41.5 Å². The van der Waals surface area contributed by atoms with Gasteiger partial charge in [0, 0.05) is 17.8 Å². The van der Waals surface area contributed by atoms with Crippen molar-refractivity contribution in [3.8, 4) is 5.75 Å². The van der Waals surface area contributed by atoms with Crippen molar-refractivity contribution in [1.82, 2.24) is 0 Å². The van der Waals surface area contributed by atoms with E-state index < -0.39 is 6.10 Å². The molecule has 0 heterocycles. The van der Waals surface area contributed by atoms with E-state index in [2.05, 4.69) is 5.32 Å². The first-order valence-electron chi connectivity index (χ1n) is 6.88. The quantitative estimate of drug-likeness (QED) is 0.840. The lowest BCUT2D eigenvalue weighted by atomic mass is 10.1. The lowest BCUT2D eigenvalue weighted by Gasteiger charge is -2.13. The summed E-state index contributed by atoms with van der Waals surface area (Å²) in [5, 5.41) is 13.2. The van der Waals surface area contributed by atoms with Crippen molar-refractivity contribution < 1.29 is 9.84 Å². The summed E-state index contributed by atoms with van der Waals surface area (Å²) in [5.41, 5.74) is 3.05. The van der Waals surface area contributed by atoms with E-state index in [1.54, 1.807) is 7.11 Å². The van der Waals surface area contributed by atoms with Gasteiger partial charge in [0.05, 0.1) is 13.2 Å². The molecule has 0 aromatic heterocycles. The average molecular weight is 271 g/mol. The van der Waals surface area contributed by atoms with E-state index in [1.807, 2.05) is 55.5 Å². The van der Waals surface area contributed by atoms with Crippen LogP contribution < -0.4 is 10.1 Å². The molecule has 0 aliphatic carbocycles. The molecule has 3 heteroatoms.